The Labute approximate surface area is 238 Å². The second-order valence-corrected chi connectivity index (χ2v) is 12.3. The molecule has 2 fully saturated rings. The summed E-state index contributed by atoms with van der Waals surface area (Å²) in [5.41, 5.74) is 3.61. The molecule has 0 saturated heterocycles. The van der Waals surface area contributed by atoms with Gasteiger partial charge in [-0.25, -0.2) is 13.2 Å². The first kappa shape index (κ1) is 28.7. The van der Waals surface area contributed by atoms with Crippen LogP contribution in [0.25, 0.3) is 22.3 Å². The molecule has 2 aliphatic rings. The van der Waals surface area contributed by atoms with Crippen LogP contribution in [0.2, 0.25) is 0 Å². The van der Waals surface area contributed by atoms with Crippen LogP contribution in [0, 0.1) is 35.2 Å². The van der Waals surface area contributed by atoms with Crippen LogP contribution < -0.4 is 0 Å². The number of allylic oxidation sites excluding steroid dienone is 2. The molecule has 0 aromatic heterocycles. The molecule has 0 aliphatic heterocycles. The van der Waals surface area contributed by atoms with Gasteiger partial charge in [0.25, 0.3) is 0 Å². The Balaban J connectivity index is 1.23. The second kappa shape index (κ2) is 13.2. The summed E-state index contributed by atoms with van der Waals surface area (Å²) in [6.45, 7) is 4.33. The first-order chi connectivity index (χ1) is 19.4. The predicted octanol–water partition coefficient (Wildman–Crippen LogP) is 11.4. The van der Waals surface area contributed by atoms with Gasteiger partial charge in [0.2, 0.25) is 0 Å². The third-order valence-electron chi connectivity index (χ3n) is 9.69. The molecule has 212 valence electrons. The molecule has 2 saturated carbocycles. The molecule has 0 heterocycles. The molecule has 0 spiro atoms. The highest BCUT2D eigenvalue weighted by molar-refractivity contribution is 5.71. The number of rotatable bonds is 8. The van der Waals surface area contributed by atoms with Gasteiger partial charge in [0.1, 0.15) is 5.82 Å². The summed E-state index contributed by atoms with van der Waals surface area (Å²) in [5.74, 6) is 1.27. The Kier molecular flexibility index (Phi) is 9.50. The first-order valence-corrected chi connectivity index (χ1v) is 15.4. The number of halogens is 3. The van der Waals surface area contributed by atoms with Crippen molar-refractivity contribution >= 4 is 0 Å². The summed E-state index contributed by atoms with van der Waals surface area (Å²) in [7, 11) is 0. The molecule has 3 aromatic rings. The molecule has 0 radical (unpaired) electrons. The highest BCUT2D eigenvalue weighted by atomic mass is 19.2. The quantitative estimate of drug-likeness (QED) is 0.195. The van der Waals surface area contributed by atoms with Gasteiger partial charge in [-0.3, -0.25) is 0 Å². The highest BCUT2D eigenvalue weighted by Crippen LogP contribution is 2.44. The topological polar surface area (TPSA) is 0 Å². The summed E-state index contributed by atoms with van der Waals surface area (Å²) < 4.78 is 45.0. The van der Waals surface area contributed by atoms with Crippen molar-refractivity contribution in [2.45, 2.75) is 90.4 Å². The fraction of sp³-hybridized carbons (Fsp3) is 0.459. The molecule has 2 aliphatic carbocycles. The van der Waals surface area contributed by atoms with Crippen LogP contribution in [0.3, 0.4) is 0 Å². The molecule has 0 unspecified atom stereocenters. The van der Waals surface area contributed by atoms with E-state index < -0.39 is 11.6 Å². The normalized spacial score (nSPS) is 23.5. The third-order valence-corrected chi connectivity index (χ3v) is 9.69. The lowest BCUT2D eigenvalue weighted by molar-refractivity contribution is 0.165. The maximum Gasteiger partial charge on any atom is 0.166 e. The van der Waals surface area contributed by atoms with E-state index in [1.165, 1.54) is 38.5 Å². The molecule has 0 atom stereocenters. The van der Waals surface area contributed by atoms with E-state index in [1.807, 2.05) is 25.1 Å². The van der Waals surface area contributed by atoms with Gasteiger partial charge in [0.15, 0.2) is 11.6 Å². The van der Waals surface area contributed by atoms with Crippen molar-refractivity contribution in [3.8, 4) is 22.3 Å². The molecule has 5 rings (SSSR count). The van der Waals surface area contributed by atoms with E-state index in [0.29, 0.717) is 29.0 Å². The van der Waals surface area contributed by atoms with Gasteiger partial charge >= 0.3 is 0 Å². The predicted molar refractivity (Wildman–Crippen MR) is 161 cm³/mol. The fourth-order valence-electron chi connectivity index (χ4n) is 7.11. The van der Waals surface area contributed by atoms with Gasteiger partial charge in [-0.1, -0.05) is 80.4 Å². The van der Waals surface area contributed by atoms with Gasteiger partial charge in [0, 0.05) is 11.1 Å². The summed E-state index contributed by atoms with van der Waals surface area (Å²) in [6.07, 6.45) is 16.5. The van der Waals surface area contributed by atoms with Gasteiger partial charge < -0.3 is 0 Å². The van der Waals surface area contributed by atoms with Crippen LogP contribution >= 0.6 is 0 Å². The number of hydrogen-bond donors (Lipinski definition) is 0. The van der Waals surface area contributed by atoms with E-state index in [9.17, 15) is 8.78 Å². The molecule has 3 aromatic carbocycles. The third kappa shape index (κ3) is 6.56. The first-order valence-electron chi connectivity index (χ1n) is 15.4. The average Bonchev–Trinajstić information content (AvgIpc) is 2.98. The molecule has 0 amide bonds. The smallest absolute Gasteiger partial charge is 0.166 e. The Bertz CT molecular complexity index is 1290. The van der Waals surface area contributed by atoms with Crippen LogP contribution in [0.4, 0.5) is 13.2 Å². The van der Waals surface area contributed by atoms with Crippen molar-refractivity contribution in [3.05, 3.63) is 95.3 Å². The number of unbranched alkanes of at least 4 members (excludes halogenated alkanes) is 1. The average molecular weight is 545 g/mol. The molecule has 0 N–H and O–H groups in total. The lowest BCUT2D eigenvalue weighted by Gasteiger charge is -2.37. The zero-order valence-electron chi connectivity index (χ0n) is 24.1. The lowest BCUT2D eigenvalue weighted by Crippen LogP contribution is -2.24. The number of aryl methyl sites for hydroxylation is 1. The Morgan fingerprint density at radius 2 is 1.30 bits per heavy atom. The lowest BCUT2D eigenvalue weighted by atomic mass is 9.68. The van der Waals surface area contributed by atoms with Crippen molar-refractivity contribution in [2.75, 3.05) is 0 Å². The van der Waals surface area contributed by atoms with Crippen molar-refractivity contribution in [3.63, 3.8) is 0 Å². The maximum absolute atomic E-state index is 15.3. The molecular weight excluding hydrogens is 501 g/mol. The molecular formula is C37H43F3. The monoisotopic (exact) mass is 544 g/mol. The van der Waals surface area contributed by atoms with E-state index >= 15 is 4.39 Å². The molecule has 0 bridgehead atoms. The fourth-order valence-corrected chi connectivity index (χ4v) is 7.11. The van der Waals surface area contributed by atoms with Gasteiger partial charge in [-0.15, -0.1) is 0 Å². The number of benzene rings is 3. The van der Waals surface area contributed by atoms with Gasteiger partial charge in [-0.05, 0) is 117 Å². The second-order valence-electron chi connectivity index (χ2n) is 12.3. The minimum absolute atomic E-state index is 0.215. The summed E-state index contributed by atoms with van der Waals surface area (Å²) >= 11 is 0. The molecule has 3 heteroatoms. The zero-order chi connectivity index (χ0) is 28.1. The van der Waals surface area contributed by atoms with Crippen LogP contribution in [0.5, 0.6) is 0 Å². The van der Waals surface area contributed by atoms with Crippen molar-refractivity contribution in [1.82, 2.24) is 0 Å². The van der Waals surface area contributed by atoms with Gasteiger partial charge in [-0.2, -0.15) is 0 Å². The van der Waals surface area contributed by atoms with Crippen LogP contribution in [-0.4, -0.2) is 0 Å². The van der Waals surface area contributed by atoms with E-state index in [0.717, 1.165) is 54.6 Å². The van der Waals surface area contributed by atoms with E-state index in [2.05, 4.69) is 13.0 Å². The van der Waals surface area contributed by atoms with E-state index in [-0.39, 0.29) is 11.4 Å². The highest BCUT2D eigenvalue weighted by Gasteiger charge is 2.30. The van der Waals surface area contributed by atoms with Crippen LogP contribution in [0.1, 0.15) is 95.1 Å². The van der Waals surface area contributed by atoms with Crippen LogP contribution in [-0.2, 0) is 6.42 Å². The molecule has 40 heavy (non-hydrogen) atoms. The largest absolute Gasteiger partial charge is 0.206 e. The standard InChI is InChI=1S/C37H43F3/c1-3-4-5-6-7-31-20-23-34(37(40)36(31)39)30-18-16-29(17-19-30)33-22-21-32(24-35(33)38)28-14-12-27(13-15-28)26-10-8-25(2)9-11-26/h3-4,16-28H,5-15H2,1-2H3/b4-3-. The zero-order valence-corrected chi connectivity index (χ0v) is 24.1. The van der Waals surface area contributed by atoms with E-state index in [4.69, 9.17) is 0 Å². The summed E-state index contributed by atoms with van der Waals surface area (Å²) in [4.78, 5) is 0. The van der Waals surface area contributed by atoms with E-state index in [1.54, 1.807) is 42.5 Å². The Hall–Kier alpha value is -2.81. The van der Waals surface area contributed by atoms with Crippen molar-refractivity contribution in [1.29, 1.82) is 0 Å². The minimum atomic E-state index is -0.820. The minimum Gasteiger partial charge on any atom is -0.206 e. The number of hydrogen-bond acceptors (Lipinski definition) is 0. The Morgan fingerprint density at radius 1 is 0.700 bits per heavy atom. The Morgan fingerprint density at radius 3 is 1.93 bits per heavy atom. The van der Waals surface area contributed by atoms with Crippen LogP contribution in [0.15, 0.2) is 66.7 Å². The SMILES string of the molecule is C/C=C\CCCc1ccc(-c2ccc(-c3ccc(C4CCC(C5CCC(C)CC5)CC4)cc3F)cc2)c(F)c1F. The van der Waals surface area contributed by atoms with Crippen molar-refractivity contribution < 1.29 is 13.2 Å². The maximum atomic E-state index is 15.3. The van der Waals surface area contributed by atoms with Crippen molar-refractivity contribution in [2.24, 2.45) is 17.8 Å². The molecule has 0 nitrogen and oxygen atoms in total. The van der Waals surface area contributed by atoms with Gasteiger partial charge in [0.05, 0.1) is 0 Å². The summed E-state index contributed by atoms with van der Waals surface area (Å²) in [6, 6.07) is 16.1. The summed E-state index contributed by atoms with van der Waals surface area (Å²) in [5, 5.41) is 0.